The number of rotatable bonds is 5. The number of anilines is 1. The molecule has 0 fully saturated rings. The highest BCUT2D eigenvalue weighted by Crippen LogP contribution is 2.39. The standard InChI is InChI=1S/C29H24N8O2/c1-29(2,3)25-21(17-30)26(37(36-25)28-31-14-9-15-32-28)35-34-22-16-18-10-7-8-13-20(18)23(24(22)38)27(39)33-19-11-5-4-6-12-19/h4-16,38H,1-3H3,(H,33,39). The van der Waals surface area contributed by atoms with Gasteiger partial charge in [0.2, 0.25) is 0 Å². The molecule has 10 heteroatoms. The number of nitriles is 1. The molecule has 0 unspecified atom stereocenters. The van der Waals surface area contributed by atoms with Crippen molar-refractivity contribution in [1.29, 1.82) is 5.26 Å². The summed E-state index contributed by atoms with van der Waals surface area (Å²) in [5.41, 5.74) is 0.913. The first-order valence-corrected chi connectivity index (χ1v) is 12.1. The monoisotopic (exact) mass is 516 g/mol. The van der Waals surface area contributed by atoms with Crippen LogP contribution in [0.3, 0.4) is 0 Å². The summed E-state index contributed by atoms with van der Waals surface area (Å²) in [6.07, 6.45) is 3.11. The number of hydrogen-bond acceptors (Lipinski definition) is 8. The molecule has 3 aromatic carbocycles. The smallest absolute Gasteiger partial charge is 0.260 e. The first kappa shape index (κ1) is 25.2. The Morgan fingerprint density at radius 1 is 1.00 bits per heavy atom. The number of benzene rings is 3. The minimum atomic E-state index is -0.498. The molecule has 10 nitrogen and oxygen atoms in total. The number of para-hydroxylation sites is 1. The van der Waals surface area contributed by atoms with Gasteiger partial charge in [-0.2, -0.15) is 15.0 Å². The van der Waals surface area contributed by atoms with Crippen LogP contribution in [0, 0.1) is 11.3 Å². The van der Waals surface area contributed by atoms with Crippen LogP contribution in [0.25, 0.3) is 16.7 Å². The summed E-state index contributed by atoms with van der Waals surface area (Å²) in [5, 5.41) is 38.5. The molecule has 192 valence electrons. The van der Waals surface area contributed by atoms with Crippen molar-refractivity contribution >= 4 is 33.9 Å². The van der Waals surface area contributed by atoms with E-state index in [1.807, 2.05) is 39.0 Å². The molecular formula is C29H24N8O2. The maximum absolute atomic E-state index is 13.3. The first-order chi connectivity index (χ1) is 18.8. The predicted octanol–water partition coefficient (Wildman–Crippen LogP) is 6.36. The van der Waals surface area contributed by atoms with Crippen LogP contribution in [0.15, 0.2) is 89.4 Å². The van der Waals surface area contributed by atoms with Crippen LogP contribution in [0.1, 0.15) is 42.4 Å². The van der Waals surface area contributed by atoms with Crippen molar-refractivity contribution < 1.29 is 9.90 Å². The van der Waals surface area contributed by atoms with Gasteiger partial charge in [-0.05, 0) is 35.0 Å². The predicted molar refractivity (Wildman–Crippen MR) is 147 cm³/mol. The molecule has 0 spiro atoms. The third-order valence-corrected chi connectivity index (χ3v) is 5.94. The van der Waals surface area contributed by atoms with Gasteiger partial charge in [-0.3, -0.25) is 4.79 Å². The highest BCUT2D eigenvalue weighted by atomic mass is 16.3. The molecule has 5 rings (SSSR count). The summed E-state index contributed by atoms with van der Waals surface area (Å²) in [6, 6.07) is 21.6. The van der Waals surface area contributed by atoms with Crippen LogP contribution >= 0.6 is 0 Å². The Hall–Kier alpha value is -5.43. The molecule has 2 aromatic heterocycles. The fourth-order valence-corrected chi connectivity index (χ4v) is 4.11. The van der Waals surface area contributed by atoms with Crippen molar-refractivity contribution in [2.75, 3.05) is 5.32 Å². The Balaban J connectivity index is 1.66. The third kappa shape index (κ3) is 4.93. The number of carbonyl (C=O) groups is 1. The minimum absolute atomic E-state index is 0.0508. The van der Waals surface area contributed by atoms with Crippen molar-refractivity contribution in [1.82, 2.24) is 19.7 Å². The SMILES string of the molecule is CC(C)(C)c1nn(-c2ncccn2)c(N=Nc2cc3ccccc3c(C(=O)Nc3ccccc3)c2O)c1C#N. The molecule has 39 heavy (non-hydrogen) atoms. The zero-order valence-corrected chi connectivity index (χ0v) is 21.5. The zero-order chi connectivity index (χ0) is 27.6. The van der Waals surface area contributed by atoms with E-state index in [2.05, 4.69) is 36.7 Å². The number of azo groups is 1. The average molecular weight is 517 g/mol. The summed E-state index contributed by atoms with van der Waals surface area (Å²) in [4.78, 5) is 21.8. The molecule has 0 bridgehead atoms. The van der Waals surface area contributed by atoms with Crippen molar-refractivity contribution in [3.8, 4) is 17.8 Å². The van der Waals surface area contributed by atoms with Crippen LogP contribution in [0.4, 0.5) is 17.2 Å². The first-order valence-electron chi connectivity index (χ1n) is 12.1. The molecule has 0 aliphatic carbocycles. The van der Waals surface area contributed by atoms with E-state index >= 15 is 0 Å². The van der Waals surface area contributed by atoms with Gasteiger partial charge in [-0.15, -0.1) is 10.2 Å². The number of aromatic nitrogens is 4. The summed E-state index contributed by atoms with van der Waals surface area (Å²) in [7, 11) is 0. The highest BCUT2D eigenvalue weighted by Gasteiger charge is 2.29. The number of nitrogens with zero attached hydrogens (tertiary/aromatic N) is 7. The van der Waals surface area contributed by atoms with E-state index in [1.165, 1.54) is 4.68 Å². The van der Waals surface area contributed by atoms with Gasteiger partial charge in [-0.1, -0.05) is 63.2 Å². The van der Waals surface area contributed by atoms with E-state index in [-0.39, 0.29) is 34.3 Å². The average Bonchev–Trinajstić information content (AvgIpc) is 3.32. The zero-order valence-electron chi connectivity index (χ0n) is 21.5. The largest absolute Gasteiger partial charge is 0.505 e. The van der Waals surface area contributed by atoms with Gasteiger partial charge in [0, 0.05) is 23.5 Å². The summed E-state index contributed by atoms with van der Waals surface area (Å²) < 4.78 is 1.35. The molecule has 0 saturated carbocycles. The lowest BCUT2D eigenvalue weighted by molar-refractivity contribution is 0.102. The van der Waals surface area contributed by atoms with Crippen LogP contribution in [0.2, 0.25) is 0 Å². The summed E-state index contributed by atoms with van der Waals surface area (Å²) in [5.74, 6) is -0.523. The van der Waals surface area contributed by atoms with Gasteiger partial charge in [-0.25, -0.2) is 9.97 Å². The van der Waals surface area contributed by atoms with Crippen molar-refractivity contribution in [2.45, 2.75) is 26.2 Å². The van der Waals surface area contributed by atoms with Crippen molar-refractivity contribution in [2.24, 2.45) is 10.2 Å². The van der Waals surface area contributed by atoms with Gasteiger partial charge in [0.1, 0.15) is 17.3 Å². The van der Waals surface area contributed by atoms with Crippen molar-refractivity contribution in [3.63, 3.8) is 0 Å². The fourth-order valence-electron chi connectivity index (χ4n) is 4.11. The number of fused-ring (bicyclic) bond motifs is 1. The quantitative estimate of drug-likeness (QED) is 0.260. The van der Waals surface area contributed by atoms with Gasteiger partial charge < -0.3 is 10.4 Å². The molecule has 1 amide bonds. The topological polar surface area (TPSA) is 141 Å². The van der Waals surface area contributed by atoms with E-state index in [4.69, 9.17) is 0 Å². The van der Waals surface area contributed by atoms with Crippen molar-refractivity contribution in [3.05, 3.63) is 95.9 Å². The number of phenols is 1. The molecule has 0 aliphatic heterocycles. The normalized spacial score (nSPS) is 11.5. The summed E-state index contributed by atoms with van der Waals surface area (Å²) >= 11 is 0. The Morgan fingerprint density at radius 3 is 2.38 bits per heavy atom. The van der Waals surface area contributed by atoms with E-state index in [1.54, 1.807) is 60.9 Å². The maximum atomic E-state index is 13.3. The second-order valence-electron chi connectivity index (χ2n) is 9.73. The van der Waals surface area contributed by atoms with E-state index in [0.717, 1.165) is 0 Å². The van der Waals surface area contributed by atoms with Gasteiger partial charge >= 0.3 is 0 Å². The van der Waals surface area contributed by atoms with E-state index in [9.17, 15) is 15.2 Å². The Morgan fingerprint density at radius 2 is 1.69 bits per heavy atom. The van der Waals surface area contributed by atoms with Crippen LogP contribution in [0.5, 0.6) is 5.75 Å². The molecule has 0 aliphatic rings. The number of hydrogen-bond donors (Lipinski definition) is 2. The summed E-state index contributed by atoms with van der Waals surface area (Å²) in [6.45, 7) is 5.79. The number of phenolic OH excluding ortho intramolecular Hbond substituents is 1. The van der Waals surface area contributed by atoms with E-state index < -0.39 is 11.3 Å². The van der Waals surface area contributed by atoms with Gasteiger partial charge in [0.05, 0.1) is 11.3 Å². The molecule has 0 atom stereocenters. The van der Waals surface area contributed by atoms with Gasteiger partial charge in [0.15, 0.2) is 11.6 Å². The van der Waals surface area contributed by atoms with Gasteiger partial charge in [0.25, 0.3) is 11.9 Å². The van der Waals surface area contributed by atoms with Crippen LogP contribution < -0.4 is 5.32 Å². The minimum Gasteiger partial charge on any atom is -0.505 e. The lowest BCUT2D eigenvalue weighted by atomic mass is 9.90. The molecule has 2 heterocycles. The fraction of sp³-hybridized carbons (Fsp3) is 0.138. The number of amides is 1. The second kappa shape index (κ2) is 10.1. The molecule has 0 saturated heterocycles. The number of nitrogens with one attached hydrogen (secondary N) is 1. The number of carbonyl (C=O) groups excluding carboxylic acids is 1. The molecule has 0 radical (unpaired) electrons. The Bertz CT molecular complexity index is 1750. The van der Waals surface area contributed by atoms with E-state index in [0.29, 0.717) is 22.2 Å². The molecular weight excluding hydrogens is 492 g/mol. The van der Waals surface area contributed by atoms with Crippen LogP contribution in [-0.4, -0.2) is 30.8 Å². The number of aromatic hydroxyl groups is 1. The Kier molecular flexibility index (Phi) is 6.56. The highest BCUT2D eigenvalue weighted by molar-refractivity contribution is 6.16. The second-order valence-corrected chi connectivity index (χ2v) is 9.73. The molecule has 5 aromatic rings. The maximum Gasteiger partial charge on any atom is 0.260 e. The Labute approximate surface area is 224 Å². The lowest BCUT2D eigenvalue weighted by Crippen LogP contribution is -2.14. The van der Waals surface area contributed by atoms with Crippen LogP contribution in [-0.2, 0) is 5.41 Å². The third-order valence-electron chi connectivity index (χ3n) is 5.94. The lowest BCUT2D eigenvalue weighted by Gasteiger charge is -2.14. The molecule has 2 N–H and O–H groups in total.